The predicted octanol–water partition coefficient (Wildman–Crippen LogP) is 1.87. The molecule has 4 bridgehead atoms. The molecule has 0 unspecified atom stereocenters. The predicted molar refractivity (Wildman–Crippen MR) is 68.1 cm³/mol. The molecule has 0 amide bonds. The minimum absolute atomic E-state index is 0.109. The molecule has 4 saturated carbocycles. The van der Waals surface area contributed by atoms with E-state index in [9.17, 15) is 14.7 Å². The number of rotatable bonds is 2. The second-order valence-corrected chi connectivity index (χ2v) is 6.58. The molecular formula is C14H18N2O3. The number of aromatic nitrogens is 2. The highest BCUT2D eigenvalue weighted by Gasteiger charge is 2.49. The van der Waals surface area contributed by atoms with E-state index in [0.29, 0.717) is 11.8 Å². The average molecular weight is 262 g/mol. The lowest BCUT2D eigenvalue weighted by atomic mass is 9.54. The first kappa shape index (κ1) is 11.3. The average Bonchev–Trinajstić information content (AvgIpc) is 2.70. The van der Waals surface area contributed by atoms with Gasteiger partial charge in [-0.1, -0.05) is 0 Å². The normalized spacial score (nSPS) is 39.7. The number of hydrogen-bond acceptors (Lipinski definition) is 2. The second-order valence-electron chi connectivity index (χ2n) is 6.58. The van der Waals surface area contributed by atoms with E-state index in [0.717, 1.165) is 11.8 Å². The van der Waals surface area contributed by atoms with Crippen LogP contribution in [-0.4, -0.2) is 20.6 Å². The minimum atomic E-state index is -1.01. The highest BCUT2D eigenvalue weighted by Crippen LogP contribution is 2.58. The van der Waals surface area contributed by atoms with Crippen molar-refractivity contribution in [2.45, 2.75) is 38.1 Å². The van der Waals surface area contributed by atoms with Crippen LogP contribution in [0.3, 0.4) is 0 Å². The third kappa shape index (κ3) is 1.53. The Morgan fingerprint density at radius 3 is 2.26 bits per heavy atom. The van der Waals surface area contributed by atoms with Crippen LogP contribution in [0.4, 0.5) is 0 Å². The molecule has 0 aliphatic heterocycles. The van der Waals surface area contributed by atoms with Crippen LogP contribution in [0.1, 0.15) is 48.6 Å². The summed E-state index contributed by atoms with van der Waals surface area (Å²) in [5.41, 5.74) is -0.127. The van der Waals surface area contributed by atoms with E-state index in [4.69, 9.17) is 0 Å². The fourth-order valence-corrected chi connectivity index (χ4v) is 5.16. The molecular weight excluding hydrogens is 244 g/mol. The van der Waals surface area contributed by atoms with Crippen LogP contribution in [0.5, 0.6) is 0 Å². The number of nitrogens with zero attached hydrogens (tertiary/aromatic N) is 1. The molecule has 5 nitrogen and oxygen atoms in total. The summed E-state index contributed by atoms with van der Waals surface area (Å²) in [6.45, 7) is 0. The molecule has 5 heteroatoms. The van der Waals surface area contributed by atoms with Gasteiger partial charge in [0.15, 0.2) is 0 Å². The summed E-state index contributed by atoms with van der Waals surface area (Å²) in [5.74, 6) is 1.64. The maximum atomic E-state index is 12.0. The molecule has 2 N–H and O–H groups in total. The number of H-pyrrole nitrogens is 1. The molecule has 0 atom stereocenters. The first-order valence-electron chi connectivity index (χ1n) is 7.16. The van der Waals surface area contributed by atoms with Gasteiger partial charge in [-0.25, -0.2) is 9.59 Å². The van der Waals surface area contributed by atoms with E-state index in [1.54, 1.807) is 0 Å². The van der Waals surface area contributed by atoms with E-state index in [-0.39, 0.29) is 17.4 Å². The summed E-state index contributed by atoms with van der Waals surface area (Å²) < 4.78 is 1.54. The van der Waals surface area contributed by atoms with Crippen LogP contribution in [-0.2, 0) is 0 Å². The van der Waals surface area contributed by atoms with Crippen molar-refractivity contribution in [3.63, 3.8) is 0 Å². The summed E-state index contributed by atoms with van der Waals surface area (Å²) in [5, 5.41) is 9.25. The van der Waals surface area contributed by atoms with Gasteiger partial charge in [-0.3, -0.25) is 4.57 Å². The Morgan fingerprint density at radius 2 is 1.74 bits per heavy atom. The Balaban J connectivity index is 1.79. The number of carbonyl (C=O) groups is 1. The summed E-state index contributed by atoms with van der Waals surface area (Å²) >= 11 is 0. The molecule has 5 rings (SSSR count). The smallest absolute Gasteiger partial charge is 0.354 e. The van der Waals surface area contributed by atoms with Crippen molar-refractivity contribution in [2.75, 3.05) is 0 Å². The maximum Gasteiger partial charge on any atom is 0.354 e. The lowest BCUT2D eigenvalue weighted by Crippen LogP contribution is -2.48. The van der Waals surface area contributed by atoms with Gasteiger partial charge in [0.1, 0.15) is 5.69 Å². The number of hydrogen-bond donors (Lipinski definition) is 2. The number of carboxylic acid groups (broad SMARTS) is 1. The molecule has 1 aromatic heterocycles. The molecule has 1 heterocycles. The number of nitrogens with one attached hydrogen (secondary N) is 1. The van der Waals surface area contributed by atoms with Crippen LogP contribution < -0.4 is 5.69 Å². The summed E-state index contributed by atoms with van der Waals surface area (Å²) in [4.78, 5) is 25.9. The zero-order chi connectivity index (χ0) is 13.1. The van der Waals surface area contributed by atoms with Gasteiger partial charge >= 0.3 is 11.7 Å². The van der Waals surface area contributed by atoms with E-state index >= 15 is 0 Å². The van der Waals surface area contributed by atoms with Crippen LogP contribution in [0.15, 0.2) is 11.0 Å². The largest absolute Gasteiger partial charge is 0.477 e. The third-order valence-electron chi connectivity index (χ3n) is 5.50. The van der Waals surface area contributed by atoms with Crippen molar-refractivity contribution in [2.24, 2.45) is 23.7 Å². The lowest BCUT2D eigenvalue weighted by molar-refractivity contribution is -0.0312. The fraction of sp³-hybridized carbons (Fsp3) is 0.714. The summed E-state index contributed by atoms with van der Waals surface area (Å²) in [6.07, 6.45) is 7.40. The highest BCUT2D eigenvalue weighted by molar-refractivity contribution is 5.85. The molecule has 4 aliphatic rings. The first-order valence-corrected chi connectivity index (χ1v) is 7.16. The van der Waals surface area contributed by atoms with Gasteiger partial charge < -0.3 is 10.1 Å². The second kappa shape index (κ2) is 3.74. The molecule has 4 fully saturated rings. The Labute approximate surface area is 110 Å². The van der Waals surface area contributed by atoms with E-state index in [1.807, 2.05) is 0 Å². The van der Waals surface area contributed by atoms with Gasteiger partial charge in [-0.15, -0.1) is 0 Å². The van der Waals surface area contributed by atoms with Crippen molar-refractivity contribution in [3.05, 3.63) is 22.4 Å². The first-order chi connectivity index (χ1) is 9.13. The van der Waals surface area contributed by atoms with Gasteiger partial charge in [0.25, 0.3) is 0 Å². The van der Waals surface area contributed by atoms with Crippen LogP contribution in [0.25, 0.3) is 0 Å². The summed E-state index contributed by atoms with van der Waals surface area (Å²) in [6, 6.07) is 0.109. The fourth-order valence-electron chi connectivity index (χ4n) is 5.16. The highest BCUT2D eigenvalue weighted by atomic mass is 16.4. The van der Waals surface area contributed by atoms with E-state index < -0.39 is 5.97 Å². The van der Waals surface area contributed by atoms with Gasteiger partial charge in [0, 0.05) is 12.2 Å². The lowest BCUT2D eigenvalue weighted by Gasteiger charge is -2.54. The molecule has 102 valence electrons. The van der Waals surface area contributed by atoms with Crippen LogP contribution >= 0.6 is 0 Å². The quantitative estimate of drug-likeness (QED) is 0.854. The van der Waals surface area contributed by atoms with Gasteiger partial charge in [-0.2, -0.15) is 0 Å². The number of imidazole rings is 1. The third-order valence-corrected chi connectivity index (χ3v) is 5.50. The SMILES string of the molecule is O=C(O)c1c[nH]c(=O)n1C1C2CC3CC(C2)CC1C3. The minimum Gasteiger partial charge on any atom is -0.477 e. The van der Waals surface area contributed by atoms with Crippen LogP contribution in [0.2, 0.25) is 0 Å². The number of aromatic amines is 1. The van der Waals surface area contributed by atoms with E-state index in [1.165, 1.54) is 42.9 Å². The van der Waals surface area contributed by atoms with Crippen molar-refractivity contribution < 1.29 is 9.90 Å². The number of carboxylic acids is 1. The van der Waals surface area contributed by atoms with Crippen LogP contribution in [0, 0.1) is 23.7 Å². The standard InChI is InChI=1S/C14H18N2O3/c17-13(18)11-6-15-14(19)16(11)12-9-2-7-1-8(4-9)5-10(12)3-7/h6-10,12H,1-5H2,(H,15,19)(H,17,18). The van der Waals surface area contributed by atoms with E-state index in [2.05, 4.69) is 4.98 Å². The Bertz CT molecular complexity index is 558. The van der Waals surface area contributed by atoms with Crippen molar-refractivity contribution >= 4 is 5.97 Å². The maximum absolute atomic E-state index is 12.0. The Morgan fingerprint density at radius 1 is 1.16 bits per heavy atom. The molecule has 0 aromatic carbocycles. The molecule has 1 aromatic rings. The summed E-state index contributed by atoms with van der Waals surface area (Å²) in [7, 11) is 0. The molecule has 4 aliphatic carbocycles. The zero-order valence-electron chi connectivity index (χ0n) is 10.7. The molecule has 0 spiro atoms. The zero-order valence-corrected chi connectivity index (χ0v) is 10.7. The van der Waals surface area contributed by atoms with Crippen molar-refractivity contribution in [1.82, 2.24) is 9.55 Å². The number of aromatic carboxylic acids is 1. The van der Waals surface area contributed by atoms with Gasteiger partial charge in [0.05, 0.1) is 0 Å². The van der Waals surface area contributed by atoms with Crippen molar-refractivity contribution in [1.29, 1.82) is 0 Å². The Kier molecular flexibility index (Phi) is 2.23. The topological polar surface area (TPSA) is 75.1 Å². The van der Waals surface area contributed by atoms with Gasteiger partial charge in [-0.05, 0) is 55.8 Å². The van der Waals surface area contributed by atoms with Crippen molar-refractivity contribution in [3.8, 4) is 0 Å². The molecule has 0 radical (unpaired) electrons. The Hall–Kier alpha value is -1.52. The monoisotopic (exact) mass is 262 g/mol. The molecule has 0 saturated heterocycles. The van der Waals surface area contributed by atoms with Gasteiger partial charge in [0.2, 0.25) is 0 Å². The molecule has 19 heavy (non-hydrogen) atoms.